The number of aromatic hydroxyl groups is 1. The van der Waals surface area contributed by atoms with Gasteiger partial charge in [-0.2, -0.15) is 0 Å². The lowest BCUT2D eigenvalue weighted by molar-refractivity contribution is -0.161. The number of carbonyl (C=O) groups is 5. The number of esters is 2. The minimum atomic E-state index is -0.901. The molecule has 2 amide bonds. The lowest BCUT2D eigenvalue weighted by Gasteiger charge is -2.39. The van der Waals surface area contributed by atoms with Crippen molar-refractivity contribution in [3.05, 3.63) is 45.9 Å². The normalized spacial score (nSPS) is 17.5. The molecular formula is C41H62N4O8S. The van der Waals surface area contributed by atoms with Crippen LogP contribution in [0.25, 0.3) is 0 Å². The van der Waals surface area contributed by atoms with E-state index in [-0.39, 0.29) is 79.0 Å². The number of phenolic OH excluding ortho intramolecular Hbond substituents is 1. The predicted molar refractivity (Wildman–Crippen MR) is 209 cm³/mol. The quantitative estimate of drug-likeness (QED) is 0.102. The number of piperidine rings is 1. The summed E-state index contributed by atoms with van der Waals surface area (Å²) in [6.07, 6.45) is 4.78. The van der Waals surface area contributed by atoms with Gasteiger partial charge in [0.2, 0.25) is 5.91 Å². The number of amides is 2. The van der Waals surface area contributed by atoms with Crippen LogP contribution in [0.2, 0.25) is 0 Å². The second-order valence-corrected chi connectivity index (χ2v) is 15.9. The Morgan fingerprint density at radius 3 is 2.35 bits per heavy atom. The maximum Gasteiger partial charge on any atom is 0.307 e. The van der Waals surface area contributed by atoms with Crippen molar-refractivity contribution in [1.82, 2.24) is 20.1 Å². The summed E-state index contributed by atoms with van der Waals surface area (Å²) in [4.78, 5) is 75.3. The number of carbonyl (C=O) groups excluding carboxylic acids is 5. The van der Waals surface area contributed by atoms with Crippen molar-refractivity contribution in [2.45, 2.75) is 137 Å². The van der Waals surface area contributed by atoms with Crippen LogP contribution in [0, 0.1) is 17.8 Å². The van der Waals surface area contributed by atoms with Crippen molar-refractivity contribution in [1.29, 1.82) is 0 Å². The molecule has 12 nitrogen and oxygen atoms in total. The minimum Gasteiger partial charge on any atom is -0.508 e. The number of likely N-dealkylation sites (tertiary alicyclic amines) is 1. The first kappa shape index (κ1) is 44.6. The van der Waals surface area contributed by atoms with E-state index in [2.05, 4.69) is 15.2 Å². The van der Waals surface area contributed by atoms with Crippen molar-refractivity contribution in [3.63, 3.8) is 0 Å². The van der Waals surface area contributed by atoms with Crippen molar-refractivity contribution in [3.8, 4) is 5.75 Å². The van der Waals surface area contributed by atoms with Gasteiger partial charge in [-0.25, -0.2) is 4.98 Å². The molecule has 1 unspecified atom stereocenters. The molecule has 1 aromatic heterocycles. The first-order chi connectivity index (χ1) is 25.7. The Labute approximate surface area is 325 Å². The van der Waals surface area contributed by atoms with E-state index in [1.165, 1.54) is 18.3 Å². The summed E-state index contributed by atoms with van der Waals surface area (Å²) in [6, 6.07) is 5.86. The van der Waals surface area contributed by atoms with Crippen molar-refractivity contribution in [2.24, 2.45) is 17.8 Å². The van der Waals surface area contributed by atoms with Crippen molar-refractivity contribution < 1.29 is 38.6 Å². The van der Waals surface area contributed by atoms with E-state index in [1.54, 1.807) is 22.4 Å². The van der Waals surface area contributed by atoms with Crippen LogP contribution in [0.5, 0.6) is 5.75 Å². The maximum atomic E-state index is 14.8. The maximum absolute atomic E-state index is 14.8. The fourth-order valence-corrected chi connectivity index (χ4v) is 7.84. The van der Waals surface area contributed by atoms with E-state index < -0.39 is 30.0 Å². The fraction of sp³-hybridized carbons (Fsp3) is 0.659. The summed E-state index contributed by atoms with van der Waals surface area (Å²) in [5, 5.41) is 14.7. The standard InChI is InChI=1S/C41H62N4O8S/c1-9-14-38(49)52-25-45(41(51)32(27(6)10-2)22-36(48)34-15-12-13-20-44(34)8)35(26(4)5)23-37(53-28(7)46)40-43-33(24-54-40)39(50)42-30(11-3)21-29-16-18-31(47)19-17-29/h16-19,24,26-27,30,32,34-35,37,47H,9-15,20-23,25H2,1-8H3,(H,42,50)/t27?,30-,32+,34-,35-,37-/m1/s1. The van der Waals surface area contributed by atoms with Crippen LogP contribution in [0.1, 0.15) is 133 Å². The molecule has 2 aromatic rings. The zero-order valence-corrected chi connectivity index (χ0v) is 34.3. The van der Waals surface area contributed by atoms with Gasteiger partial charge in [0.05, 0.1) is 6.04 Å². The number of phenols is 1. The first-order valence-electron chi connectivity index (χ1n) is 19.6. The Bertz CT molecular complexity index is 1530. The van der Waals surface area contributed by atoms with Crippen molar-refractivity contribution in [2.75, 3.05) is 20.3 Å². The lowest BCUT2D eigenvalue weighted by atomic mass is 9.82. The molecule has 1 aliphatic rings. The Balaban J connectivity index is 1.91. The molecule has 2 N–H and O–H groups in total. The molecule has 300 valence electrons. The highest BCUT2D eigenvalue weighted by Gasteiger charge is 2.39. The molecule has 2 heterocycles. The average molecular weight is 771 g/mol. The third kappa shape index (κ3) is 13.2. The molecule has 0 bridgehead atoms. The molecule has 0 radical (unpaired) electrons. The second-order valence-electron chi connectivity index (χ2n) is 15.0. The number of Topliss-reactive ketones (excluding diaryl/α,β-unsaturated/α-hetero) is 1. The predicted octanol–water partition coefficient (Wildman–Crippen LogP) is 6.85. The number of benzene rings is 1. The number of rotatable bonds is 21. The molecule has 6 atom stereocenters. The zero-order chi connectivity index (χ0) is 39.9. The molecule has 0 saturated carbocycles. The number of nitrogens with zero attached hydrogens (tertiary/aromatic N) is 3. The topological polar surface area (TPSA) is 155 Å². The van der Waals surface area contributed by atoms with Crippen LogP contribution in [-0.2, 0) is 35.1 Å². The molecule has 13 heteroatoms. The summed E-state index contributed by atoms with van der Waals surface area (Å²) < 4.78 is 11.5. The van der Waals surface area contributed by atoms with Crippen LogP contribution in [0.4, 0.5) is 0 Å². The summed E-state index contributed by atoms with van der Waals surface area (Å²) >= 11 is 1.19. The summed E-state index contributed by atoms with van der Waals surface area (Å²) in [7, 11) is 1.96. The molecule has 3 rings (SSSR count). The Morgan fingerprint density at radius 2 is 1.76 bits per heavy atom. The summed E-state index contributed by atoms with van der Waals surface area (Å²) in [5.74, 6) is -2.35. The smallest absolute Gasteiger partial charge is 0.307 e. The average Bonchev–Trinajstić information content (AvgIpc) is 3.64. The number of aromatic nitrogens is 1. The number of ketones is 1. The highest BCUT2D eigenvalue weighted by molar-refractivity contribution is 7.09. The summed E-state index contributed by atoms with van der Waals surface area (Å²) in [6.45, 7) is 13.6. The third-order valence-corrected chi connectivity index (χ3v) is 11.5. The van der Waals surface area contributed by atoms with Gasteiger partial charge in [0, 0.05) is 49.6 Å². The highest BCUT2D eigenvalue weighted by atomic mass is 32.1. The van der Waals surface area contributed by atoms with E-state index >= 15 is 0 Å². The lowest BCUT2D eigenvalue weighted by Crippen LogP contribution is -2.50. The number of likely N-dealkylation sites (N-methyl/N-ethyl adjacent to an activating group) is 1. The first-order valence-corrected chi connectivity index (χ1v) is 20.5. The number of thiazole rings is 1. The van der Waals surface area contributed by atoms with Gasteiger partial charge in [0.25, 0.3) is 5.91 Å². The largest absolute Gasteiger partial charge is 0.508 e. The van der Waals surface area contributed by atoms with Gasteiger partial charge in [-0.15, -0.1) is 11.3 Å². The molecule has 0 spiro atoms. The molecule has 1 aromatic carbocycles. The monoisotopic (exact) mass is 770 g/mol. The van der Waals surface area contributed by atoms with Crippen LogP contribution >= 0.6 is 11.3 Å². The van der Waals surface area contributed by atoms with Gasteiger partial charge in [-0.3, -0.25) is 28.9 Å². The molecule has 1 fully saturated rings. The van der Waals surface area contributed by atoms with E-state index in [0.717, 1.165) is 31.4 Å². The molecule has 54 heavy (non-hydrogen) atoms. The molecule has 1 aliphatic heterocycles. The number of hydrogen-bond acceptors (Lipinski definition) is 11. The SMILES string of the molecule is CCCC(=O)OCN(C(=O)[C@@H](CC(=O)[C@H]1CCCCN1C)C(C)CC)[C@H](C[C@@H](OC(C)=O)c1nc(C(=O)N[C@H](CC)Cc2ccc(O)cc2)cs1)C(C)C. The fourth-order valence-electron chi connectivity index (χ4n) is 7.00. The molecule has 1 saturated heterocycles. The van der Waals surface area contributed by atoms with Gasteiger partial charge in [-0.05, 0) is 75.2 Å². The number of ether oxygens (including phenoxy) is 2. The minimum absolute atomic E-state index is 0.0413. The molecule has 0 aliphatic carbocycles. The Hall–Kier alpha value is -3.84. The van der Waals surface area contributed by atoms with E-state index in [0.29, 0.717) is 30.7 Å². The Kier molecular flexibility index (Phi) is 18.1. The van der Waals surface area contributed by atoms with Gasteiger partial charge in [0.1, 0.15) is 16.5 Å². The van der Waals surface area contributed by atoms with Crippen molar-refractivity contribution >= 4 is 40.9 Å². The van der Waals surface area contributed by atoms with E-state index in [4.69, 9.17) is 9.47 Å². The summed E-state index contributed by atoms with van der Waals surface area (Å²) in [5.41, 5.74) is 1.15. The van der Waals surface area contributed by atoms with Gasteiger partial charge >= 0.3 is 11.9 Å². The Morgan fingerprint density at radius 1 is 1.06 bits per heavy atom. The van der Waals surface area contributed by atoms with E-state index in [9.17, 15) is 29.1 Å². The second kappa shape index (κ2) is 21.9. The number of nitrogens with one attached hydrogen (secondary N) is 1. The van der Waals surface area contributed by atoms with Crippen LogP contribution < -0.4 is 5.32 Å². The van der Waals surface area contributed by atoms with Crippen LogP contribution in [0.15, 0.2) is 29.6 Å². The van der Waals surface area contributed by atoms with Crippen LogP contribution in [0.3, 0.4) is 0 Å². The third-order valence-electron chi connectivity index (χ3n) is 10.5. The van der Waals surface area contributed by atoms with Gasteiger partial charge in [0.15, 0.2) is 18.6 Å². The number of hydrogen-bond donors (Lipinski definition) is 2. The van der Waals surface area contributed by atoms with Gasteiger partial charge < -0.3 is 24.8 Å². The molecular weight excluding hydrogens is 709 g/mol. The van der Waals surface area contributed by atoms with E-state index in [1.807, 2.05) is 60.7 Å². The van der Waals surface area contributed by atoms with Gasteiger partial charge in [-0.1, -0.05) is 66.5 Å². The van der Waals surface area contributed by atoms with Crippen LogP contribution in [-0.4, -0.2) is 87.9 Å². The highest BCUT2D eigenvalue weighted by Crippen LogP contribution is 2.33. The zero-order valence-electron chi connectivity index (χ0n) is 33.5.